The van der Waals surface area contributed by atoms with Gasteiger partial charge in [-0.1, -0.05) is 18.2 Å². The van der Waals surface area contributed by atoms with Gasteiger partial charge < -0.3 is 9.84 Å². The molecule has 160 valence electrons. The van der Waals surface area contributed by atoms with E-state index in [1.165, 1.54) is 41.9 Å². The van der Waals surface area contributed by atoms with E-state index in [2.05, 4.69) is 21.0 Å². The van der Waals surface area contributed by atoms with Crippen LogP contribution in [0.3, 0.4) is 0 Å². The lowest BCUT2D eigenvalue weighted by molar-refractivity contribution is 0.141. The maximum atomic E-state index is 10.7. The van der Waals surface area contributed by atoms with Gasteiger partial charge in [-0.05, 0) is 55.7 Å². The number of nitrogens with zero attached hydrogens (tertiary/aromatic N) is 3. The second-order valence-electron chi connectivity index (χ2n) is 8.00. The zero-order chi connectivity index (χ0) is 21.0. The predicted molar refractivity (Wildman–Crippen MR) is 126 cm³/mol. The number of fused-ring (bicyclic) bond motifs is 1. The highest BCUT2D eigenvalue weighted by Crippen LogP contribution is 2.35. The van der Waals surface area contributed by atoms with E-state index >= 15 is 0 Å². The monoisotopic (exact) mass is 451 g/mol. The van der Waals surface area contributed by atoms with Gasteiger partial charge in [-0.2, -0.15) is 0 Å². The standard InChI is InChI=1S/C24H25N3O2S2/c28-22(24-25-9-12-30-24)18-5-1-4-17(13-18)21-23-20(26-15-27-21)14-19(31-23)7-6-16-3-2-10-29-11-8-16/h1,4-5,9,12-16,22,28H,2-3,6-8,10-11H2. The minimum atomic E-state index is -0.722. The van der Waals surface area contributed by atoms with Crippen molar-refractivity contribution in [3.8, 4) is 11.3 Å². The summed E-state index contributed by atoms with van der Waals surface area (Å²) in [5.74, 6) is 0.752. The number of aromatic nitrogens is 3. The third-order valence-electron chi connectivity index (χ3n) is 5.89. The molecule has 1 N–H and O–H groups in total. The lowest BCUT2D eigenvalue weighted by Crippen LogP contribution is -2.02. The largest absolute Gasteiger partial charge is 0.381 e. The molecular weight excluding hydrogens is 426 g/mol. The first kappa shape index (κ1) is 20.7. The summed E-state index contributed by atoms with van der Waals surface area (Å²) in [5, 5.41) is 13.3. The number of benzene rings is 1. The van der Waals surface area contributed by atoms with Crippen LogP contribution in [0.5, 0.6) is 0 Å². The Morgan fingerprint density at radius 3 is 3.00 bits per heavy atom. The molecule has 1 aliphatic heterocycles. The Hall–Kier alpha value is -2.19. The molecule has 1 aromatic carbocycles. The van der Waals surface area contributed by atoms with Gasteiger partial charge in [0.05, 0.1) is 15.9 Å². The quantitative estimate of drug-likeness (QED) is 0.410. The minimum absolute atomic E-state index is 0.701. The van der Waals surface area contributed by atoms with E-state index in [1.807, 2.05) is 29.6 Å². The summed E-state index contributed by atoms with van der Waals surface area (Å²) in [6.07, 6.45) is 8.53. The van der Waals surface area contributed by atoms with Crippen LogP contribution in [0.2, 0.25) is 0 Å². The Morgan fingerprint density at radius 2 is 2.10 bits per heavy atom. The highest BCUT2D eigenvalue weighted by atomic mass is 32.1. The van der Waals surface area contributed by atoms with E-state index in [1.54, 1.807) is 23.9 Å². The lowest BCUT2D eigenvalue weighted by Gasteiger charge is -2.11. The molecule has 0 bridgehead atoms. The highest BCUT2D eigenvalue weighted by molar-refractivity contribution is 7.19. The van der Waals surface area contributed by atoms with Crippen LogP contribution >= 0.6 is 22.7 Å². The maximum absolute atomic E-state index is 10.7. The normalized spacial score (nSPS) is 18.2. The number of hydrogen-bond donors (Lipinski definition) is 1. The Labute approximate surface area is 189 Å². The fourth-order valence-electron chi connectivity index (χ4n) is 4.21. The maximum Gasteiger partial charge on any atom is 0.131 e. The van der Waals surface area contributed by atoms with Crippen molar-refractivity contribution in [2.24, 2.45) is 5.92 Å². The molecule has 2 unspecified atom stereocenters. The molecule has 3 aromatic heterocycles. The Morgan fingerprint density at radius 1 is 1.13 bits per heavy atom. The molecule has 4 heterocycles. The molecule has 1 aliphatic rings. The third-order valence-corrected chi connectivity index (χ3v) is 7.91. The van der Waals surface area contributed by atoms with Crippen LogP contribution in [-0.4, -0.2) is 33.3 Å². The molecule has 4 aromatic rings. The molecule has 31 heavy (non-hydrogen) atoms. The van der Waals surface area contributed by atoms with Crippen molar-refractivity contribution >= 4 is 32.9 Å². The summed E-state index contributed by atoms with van der Waals surface area (Å²) < 4.78 is 6.72. The van der Waals surface area contributed by atoms with Gasteiger partial charge in [0.25, 0.3) is 0 Å². The lowest BCUT2D eigenvalue weighted by atomic mass is 9.95. The number of ether oxygens (including phenoxy) is 1. The van der Waals surface area contributed by atoms with Gasteiger partial charge in [0.1, 0.15) is 17.4 Å². The van der Waals surface area contributed by atoms with Gasteiger partial charge in [-0.15, -0.1) is 22.7 Å². The van der Waals surface area contributed by atoms with E-state index in [0.29, 0.717) is 5.01 Å². The number of aryl methyl sites for hydroxylation is 1. The molecule has 1 saturated heterocycles. The number of aliphatic hydroxyl groups is 1. The topological polar surface area (TPSA) is 68.1 Å². The van der Waals surface area contributed by atoms with Gasteiger partial charge in [-0.3, -0.25) is 0 Å². The van der Waals surface area contributed by atoms with E-state index < -0.39 is 6.10 Å². The zero-order valence-corrected chi connectivity index (χ0v) is 18.9. The highest BCUT2D eigenvalue weighted by Gasteiger charge is 2.17. The molecule has 2 atom stereocenters. The number of hydrogen-bond acceptors (Lipinski definition) is 7. The first-order chi connectivity index (χ1) is 15.3. The van der Waals surface area contributed by atoms with Crippen molar-refractivity contribution in [1.82, 2.24) is 15.0 Å². The first-order valence-corrected chi connectivity index (χ1v) is 12.5. The van der Waals surface area contributed by atoms with Gasteiger partial charge in [0.15, 0.2) is 0 Å². The van der Waals surface area contributed by atoms with E-state index in [4.69, 9.17) is 4.74 Å². The summed E-state index contributed by atoms with van der Waals surface area (Å²) in [5.41, 5.74) is 3.75. The van der Waals surface area contributed by atoms with Crippen molar-refractivity contribution in [1.29, 1.82) is 0 Å². The van der Waals surface area contributed by atoms with Crippen LogP contribution in [0, 0.1) is 5.92 Å². The second-order valence-corrected chi connectivity index (χ2v) is 10.1. The van der Waals surface area contributed by atoms with Crippen LogP contribution < -0.4 is 0 Å². The summed E-state index contributed by atoms with van der Waals surface area (Å²) in [7, 11) is 0. The molecule has 0 spiro atoms. The van der Waals surface area contributed by atoms with E-state index in [0.717, 1.165) is 52.6 Å². The van der Waals surface area contributed by atoms with Gasteiger partial charge in [-0.25, -0.2) is 15.0 Å². The van der Waals surface area contributed by atoms with Crippen LogP contribution in [-0.2, 0) is 11.2 Å². The van der Waals surface area contributed by atoms with Crippen LogP contribution in [0.4, 0.5) is 0 Å². The average Bonchev–Trinajstić information content (AvgIpc) is 3.41. The van der Waals surface area contributed by atoms with Crippen molar-refractivity contribution in [3.05, 3.63) is 63.7 Å². The molecule has 0 radical (unpaired) electrons. The number of aliphatic hydroxyl groups excluding tert-OH is 1. The molecule has 7 heteroatoms. The second kappa shape index (κ2) is 9.53. The Bertz CT molecular complexity index is 1130. The van der Waals surface area contributed by atoms with Crippen LogP contribution in [0.25, 0.3) is 21.5 Å². The van der Waals surface area contributed by atoms with Crippen molar-refractivity contribution in [2.45, 2.75) is 38.2 Å². The van der Waals surface area contributed by atoms with Crippen molar-refractivity contribution < 1.29 is 9.84 Å². The predicted octanol–water partition coefficient (Wildman–Crippen LogP) is 5.65. The summed E-state index contributed by atoms with van der Waals surface area (Å²) in [6, 6.07) is 10.2. The first-order valence-electron chi connectivity index (χ1n) is 10.8. The molecular formula is C24H25N3O2S2. The van der Waals surface area contributed by atoms with E-state index in [-0.39, 0.29) is 0 Å². The average molecular weight is 452 g/mol. The fraction of sp³-hybridized carbons (Fsp3) is 0.375. The Balaban J connectivity index is 1.39. The minimum Gasteiger partial charge on any atom is -0.381 e. The van der Waals surface area contributed by atoms with Crippen LogP contribution in [0.1, 0.15) is 47.2 Å². The van der Waals surface area contributed by atoms with Gasteiger partial charge >= 0.3 is 0 Å². The molecule has 1 fully saturated rings. The zero-order valence-electron chi connectivity index (χ0n) is 17.2. The van der Waals surface area contributed by atoms with E-state index in [9.17, 15) is 5.11 Å². The summed E-state index contributed by atoms with van der Waals surface area (Å²) in [4.78, 5) is 14.7. The van der Waals surface area contributed by atoms with Gasteiger partial charge in [0, 0.05) is 35.2 Å². The molecule has 0 aliphatic carbocycles. The van der Waals surface area contributed by atoms with Crippen molar-refractivity contribution in [3.63, 3.8) is 0 Å². The number of thiazole rings is 1. The third kappa shape index (κ3) is 4.70. The number of rotatable bonds is 6. The molecule has 0 amide bonds. The summed E-state index contributed by atoms with van der Waals surface area (Å²) in [6.45, 7) is 1.81. The Kier molecular flexibility index (Phi) is 6.36. The van der Waals surface area contributed by atoms with Crippen LogP contribution in [0.15, 0.2) is 48.2 Å². The summed E-state index contributed by atoms with van der Waals surface area (Å²) >= 11 is 3.25. The fourth-order valence-corrected chi connectivity index (χ4v) is 5.99. The van der Waals surface area contributed by atoms with Gasteiger partial charge in [0.2, 0.25) is 0 Å². The molecule has 5 nitrogen and oxygen atoms in total. The van der Waals surface area contributed by atoms with Crippen molar-refractivity contribution in [2.75, 3.05) is 13.2 Å². The smallest absolute Gasteiger partial charge is 0.131 e. The SMILES string of the molecule is OC(c1cccc(-c2ncnc3cc(CCC4CCCOCC4)sc23)c1)c1nccs1. The molecule has 0 saturated carbocycles. The number of thiophene rings is 1. The molecule has 5 rings (SSSR count).